The Morgan fingerprint density at radius 3 is 2.13 bits per heavy atom. The largest absolute Gasteiger partial charge is 0.338 e. The highest BCUT2D eigenvalue weighted by Crippen LogP contribution is 2.21. The van der Waals surface area contributed by atoms with Gasteiger partial charge < -0.3 is 4.90 Å². The molecule has 1 aliphatic rings. The fraction of sp³-hybridized carbons (Fsp3) is 0.348. The molecule has 1 heterocycles. The number of hydrogen-bond acceptors (Lipinski definition) is 4. The second-order valence-corrected chi connectivity index (χ2v) is 9.37. The van der Waals surface area contributed by atoms with Gasteiger partial charge in [0.25, 0.3) is 0 Å². The standard InChI is InChI=1S/C23H29N3O3S/c1-20(26(30(2,28)29)22-13-7-4-8-14-22)23(27)25-18-16-24(17-19-25)15-9-12-21-10-5-3-6-11-21/h3-14,20H,15-19H2,1-2H3/b12-9+/t20-/m0/s1. The lowest BCUT2D eigenvalue weighted by atomic mass is 10.2. The van der Waals surface area contributed by atoms with Gasteiger partial charge in [0.1, 0.15) is 6.04 Å². The normalized spacial score (nSPS) is 16.5. The lowest BCUT2D eigenvalue weighted by Crippen LogP contribution is -2.55. The van der Waals surface area contributed by atoms with Crippen LogP contribution in [0.15, 0.2) is 66.7 Å². The molecule has 0 N–H and O–H groups in total. The summed E-state index contributed by atoms with van der Waals surface area (Å²) in [7, 11) is -3.58. The molecule has 1 saturated heterocycles. The average molecular weight is 428 g/mol. The first-order valence-corrected chi connectivity index (χ1v) is 12.0. The molecule has 1 fully saturated rings. The van der Waals surface area contributed by atoms with Crippen LogP contribution in [-0.2, 0) is 14.8 Å². The topological polar surface area (TPSA) is 60.9 Å². The van der Waals surface area contributed by atoms with Crippen LogP contribution in [0.25, 0.3) is 6.08 Å². The fourth-order valence-electron chi connectivity index (χ4n) is 3.69. The first-order chi connectivity index (χ1) is 14.4. The molecule has 0 aromatic heterocycles. The third kappa shape index (κ3) is 5.70. The van der Waals surface area contributed by atoms with Crippen LogP contribution in [0.4, 0.5) is 5.69 Å². The van der Waals surface area contributed by atoms with Gasteiger partial charge in [0.15, 0.2) is 0 Å². The van der Waals surface area contributed by atoms with Crippen LogP contribution >= 0.6 is 0 Å². The van der Waals surface area contributed by atoms with Crippen molar-refractivity contribution in [3.63, 3.8) is 0 Å². The molecule has 3 rings (SSSR count). The lowest BCUT2D eigenvalue weighted by Gasteiger charge is -2.37. The van der Waals surface area contributed by atoms with Crippen LogP contribution in [-0.4, -0.2) is 69.1 Å². The van der Waals surface area contributed by atoms with Gasteiger partial charge >= 0.3 is 0 Å². The van der Waals surface area contributed by atoms with Gasteiger partial charge in [-0.15, -0.1) is 0 Å². The van der Waals surface area contributed by atoms with Gasteiger partial charge in [-0.05, 0) is 24.6 Å². The zero-order valence-corrected chi connectivity index (χ0v) is 18.3. The number of amides is 1. The molecule has 1 atom stereocenters. The monoisotopic (exact) mass is 427 g/mol. The summed E-state index contributed by atoms with van der Waals surface area (Å²) < 4.78 is 26.0. The van der Waals surface area contributed by atoms with E-state index in [1.165, 1.54) is 9.87 Å². The molecule has 2 aromatic rings. The smallest absolute Gasteiger partial charge is 0.246 e. The third-order valence-electron chi connectivity index (χ3n) is 5.23. The van der Waals surface area contributed by atoms with Crippen molar-refractivity contribution >= 4 is 27.7 Å². The second kappa shape index (κ2) is 9.91. The highest BCUT2D eigenvalue weighted by Gasteiger charge is 2.33. The van der Waals surface area contributed by atoms with Crippen molar-refractivity contribution in [2.75, 3.05) is 43.3 Å². The van der Waals surface area contributed by atoms with Crippen LogP contribution in [0.5, 0.6) is 0 Å². The zero-order valence-electron chi connectivity index (χ0n) is 17.5. The van der Waals surface area contributed by atoms with Crippen LogP contribution in [0.1, 0.15) is 12.5 Å². The van der Waals surface area contributed by atoms with E-state index in [0.29, 0.717) is 18.8 Å². The Balaban J connectivity index is 1.58. The molecule has 30 heavy (non-hydrogen) atoms. The van der Waals surface area contributed by atoms with Crippen molar-refractivity contribution in [3.05, 3.63) is 72.3 Å². The van der Waals surface area contributed by atoms with Gasteiger partial charge in [-0.3, -0.25) is 14.0 Å². The summed E-state index contributed by atoms with van der Waals surface area (Å²) >= 11 is 0. The summed E-state index contributed by atoms with van der Waals surface area (Å²) in [4.78, 5) is 17.1. The fourth-order valence-corrected chi connectivity index (χ4v) is 4.86. The highest BCUT2D eigenvalue weighted by atomic mass is 32.2. The Kier molecular flexibility index (Phi) is 7.29. The molecule has 0 unspecified atom stereocenters. The molecule has 1 amide bonds. The maximum atomic E-state index is 13.1. The quantitative estimate of drug-likeness (QED) is 0.682. The Morgan fingerprint density at radius 2 is 1.57 bits per heavy atom. The van der Waals surface area contributed by atoms with Crippen LogP contribution in [0.3, 0.4) is 0 Å². The predicted molar refractivity (Wildman–Crippen MR) is 122 cm³/mol. The molecule has 1 aliphatic heterocycles. The van der Waals surface area contributed by atoms with E-state index in [9.17, 15) is 13.2 Å². The van der Waals surface area contributed by atoms with Gasteiger partial charge in [-0.1, -0.05) is 60.7 Å². The maximum absolute atomic E-state index is 13.1. The Bertz CT molecular complexity index is 954. The maximum Gasteiger partial charge on any atom is 0.246 e. The van der Waals surface area contributed by atoms with Gasteiger partial charge in [0.2, 0.25) is 15.9 Å². The molecule has 7 heteroatoms. The second-order valence-electron chi connectivity index (χ2n) is 7.51. The van der Waals surface area contributed by atoms with Crippen molar-refractivity contribution in [2.24, 2.45) is 0 Å². The van der Waals surface area contributed by atoms with E-state index in [1.807, 2.05) is 24.3 Å². The van der Waals surface area contributed by atoms with Gasteiger partial charge in [0.05, 0.1) is 11.9 Å². The van der Waals surface area contributed by atoms with E-state index >= 15 is 0 Å². The SMILES string of the molecule is C[C@@H](C(=O)N1CCN(C/C=C/c2ccccc2)CC1)N(c1ccccc1)S(C)(=O)=O. The number of nitrogens with zero attached hydrogens (tertiary/aromatic N) is 3. The molecule has 0 bridgehead atoms. The van der Waals surface area contributed by atoms with Crippen molar-refractivity contribution in [1.82, 2.24) is 9.80 Å². The number of anilines is 1. The number of rotatable bonds is 7. The highest BCUT2D eigenvalue weighted by molar-refractivity contribution is 7.92. The van der Waals surface area contributed by atoms with Crippen molar-refractivity contribution in [2.45, 2.75) is 13.0 Å². The summed E-state index contributed by atoms with van der Waals surface area (Å²) in [6, 6.07) is 18.2. The summed E-state index contributed by atoms with van der Waals surface area (Å²) in [6.45, 7) is 5.20. The predicted octanol–water partition coefficient (Wildman–Crippen LogP) is 2.70. The minimum absolute atomic E-state index is 0.163. The average Bonchev–Trinajstić information content (AvgIpc) is 2.74. The van der Waals surface area contributed by atoms with E-state index in [1.54, 1.807) is 36.1 Å². The Hall–Kier alpha value is -2.64. The van der Waals surface area contributed by atoms with Gasteiger partial charge in [-0.25, -0.2) is 8.42 Å². The van der Waals surface area contributed by atoms with Crippen molar-refractivity contribution in [1.29, 1.82) is 0 Å². The van der Waals surface area contributed by atoms with Crippen LogP contribution in [0, 0.1) is 0 Å². The number of carbonyl (C=O) groups excluding carboxylic acids is 1. The molecular formula is C23H29N3O3S. The summed E-state index contributed by atoms with van der Waals surface area (Å²) in [6.07, 6.45) is 5.38. The van der Waals surface area contributed by atoms with E-state index in [2.05, 4.69) is 29.2 Å². The number of hydrogen-bond donors (Lipinski definition) is 0. The lowest BCUT2D eigenvalue weighted by molar-refractivity contribution is -0.133. The molecule has 0 aliphatic carbocycles. The van der Waals surface area contributed by atoms with E-state index < -0.39 is 16.1 Å². The van der Waals surface area contributed by atoms with E-state index in [0.717, 1.165) is 25.9 Å². The summed E-state index contributed by atoms with van der Waals surface area (Å²) in [5, 5.41) is 0. The summed E-state index contributed by atoms with van der Waals surface area (Å²) in [5.74, 6) is -0.163. The third-order valence-corrected chi connectivity index (χ3v) is 6.48. The molecule has 160 valence electrons. The first-order valence-electron chi connectivity index (χ1n) is 10.1. The van der Waals surface area contributed by atoms with Gasteiger partial charge in [-0.2, -0.15) is 0 Å². The summed E-state index contributed by atoms with van der Waals surface area (Å²) in [5.41, 5.74) is 1.67. The number of benzene rings is 2. The van der Waals surface area contributed by atoms with E-state index in [-0.39, 0.29) is 5.91 Å². The minimum atomic E-state index is -3.58. The molecule has 0 spiro atoms. The van der Waals surface area contributed by atoms with E-state index in [4.69, 9.17) is 0 Å². The van der Waals surface area contributed by atoms with Crippen molar-refractivity contribution < 1.29 is 13.2 Å². The Morgan fingerprint density at radius 1 is 1.00 bits per heavy atom. The first kappa shape index (κ1) is 22.1. The van der Waals surface area contributed by atoms with Gasteiger partial charge in [0, 0.05) is 32.7 Å². The number of carbonyl (C=O) groups is 1. The Labute approximate surface area is 179 Å². The molecule has 0 saturated carbocycles. The molecular weight excluding hydrogens is 398 g/mol. The molecule has 6 nitrogen and oxygen atoms in total. The van der Waals surface area contributed by atoms with Crippen LogP contribution < -0.4 is 4.31 Å². The van der Waals surface area contributed by atoms with Crippen LogP contribution in [0.2, 0.25) is 0 Å². The minimum Gasteiger partial charge on any atom is -0.338 e. The molecule has 0 radical (unpaired) electrons. The van der Waals surface area contributed by atoms with Crippen molar-refractivity contribution in [3.8, 4) is 0 Å². The molecule has 2 aromatic carbocycles. The number of piperazine rings is 1. The number of sulfonamides is 1. The zero-order chi connectivity index (χ0) is 21.6. The number of para-hydroxylation sites is 1.